The van der Waals surface area contributed by atoms with Crippen LogP contribution in [-0.4, -0.2) is 31.2 Å². The van der Waals surface area contributed by atoms with Crippen LogP contribution in [-0.2, 0) is 14.6 Å². The lowest BCUT2D eigenvalue weighted by Crippen LogP contribution is -2.33. The summed E-state index contributed by atoms with van der Waals surface area (Å²) in [6.45, 7) is 5.29. The molecule has 1 unspecified atom stereocenters. The Morgan fingerprint density at radius 3 is 2.35 bits per heavy atom. The van der Waals surface area contributed by atoms with Crippen LogP contribution < -0.4 is 5.32 Å². The standard InChI is InChI=1S/C19H21NO5S/c1-4-26(24,25)16-7-5-6-15(11-16)18(21)20-17(19(22)23)14-9-8-12(2)13(3)10-14/h5-11,17H,4H2,1-3H3,(H,20,21)(H,22,23). The molecule has 138 valence electrons. The summed E-state index contributed by atoms with van der Waals surface area (Å²) in [4.78, 5) is 24.1. The number of rotatable bonds is 6. The molecule has 2 aromatic carbocycles. The van der Waals surface area contributed by atoms with Crippen LogP contribution in [0, 0.1) is 13.8 Å². The van der Waals surface area contributed by atoms with Gasteiger partial charge in [-0.1, -0.05) is 31.2 Å². The number of hydrogen-bond donors (Lipinski definition) is 2. The van der Waals surface area contributed by atoms with Gasteiger partial charge in [0.25, 0.3) is 5.91 Å². The molecule has 7 heteroatoms. The first-order valence-electron chi connectivity index (χ1n) is 8.09. The third-order valence-electron chi connectivity index (χ3n) is 4.22. The van der Waals surface area contributed by atoms with E-state index in [-0.39, 0.29) is 16.2 Å². The second-order valence-electron chi connectivity index (χ2n) is 6.02. The van der Waals surface area contributed by atoms with Crippen molar-refractivity contribution in [2.24, 2.45) is 0 Å². The lowest BCUT2D eigenvalue weighted by molar-refractivity contribution is -0.139. The molecule has 2 rings (SSSR count). The van der Waals surface area contributed by atoms with Crippen LogP contribution in [0.15, 0.2) is 47.4 Å². The van der Waals surface area contributed by atoms with Crippen LogP contribution in [0.1, 0.15) is 40.0 Å². The van der Waals surface area contributed by atoms with Gasteiger partial charge in [0, 0.05) is 5.56 Å². The fourth-order valence-corrected chi connectivity index (χ4v) is 3.37. The van der Waals surface area contributed by atoms with Gasteiger partial charge in [-0.3, -0.25) is 4.79 Å². The summed E-state index contributed by atoms with van der Waals surface area (Å²) in [6.07, 6.45) is 0. The number of amides is 1. The van der Waals surface area contributed by atoms with Crippen molar-refractivity contribution in [3.8, 4) is 0 Å². The normalized spacial score (nSPS) is 12.4. The van der Waals surface area contributed by atoms with E-state index in [9.17, 15) is 23.1 Å². The molecule has 0 saturated heterocycles. The number of sulfone groups is 1. The summed E-state index contributed by atoms with van der Waals surface area (Å²) in [5, 5.41) is 12.0. The molecule has 0 fully saturated rings. The Balaban J connectivity index is 2.32. The van der Waals surface area contributed by atoms with Crippen molar-refractivity contribution in [3.05, 3.63) is 64.7 Å². The molecule has 0 spiro atoms. The maximum Gasteiger partial charge on any atom is 0.330 e. The quantitative estimate of drug-likeness (QED) is 0.808. The van der Waals surface area contributed by atoms with E-state index in [0.29, 0.717) is 5.56 Å². The van der Waals surface area contributed by atoms with E-state index in [0.717, 1.165) is 11.1 Å². The van der Waals surface area contributed by atoms with Crippen LogP contribution in [0.25, 0.3) is 0 Å². The van der Waals surface area contributed by atoms with Crippen LogP contribution in [0.2, 0.25) is 0 Å². The monoisotopic (exact) mass is 375 g/mol. The molecule has 0 bridgehead atoms. The van der Waals surface area contributed by atoms with Crippen molar-refractivity contribution in [1.29, 1.82) is 0 Å². The summed E-state index contributed by atoms with van der Waals surface area (Å²) < 4.78 is 23.9. The van der Waals surface area contributed by atoms with E-state index in [1.807, 2.05) is 13.8 Å². The van der Waals surface area contributed by atoms with Crippen molar-refractivity contribution >= 4 is 21.7 Å². The zero-order valence-electron chi connectivity index (χ0n) is 14.8. The fraction of sp³-hybridized carbons (Fsp3) is 0.263. The average molecular weight is 375 g/mol. The molecule has 0 saturated carbocycles. The molecule has 0 radical (unpaired) electrons. The van der Waals surface area contributed by atoms with Gasteiger partial charge in [-0.05, 0) is 48.7 Å². The average Bonchev–Trinajstić information content (AvgIpc) is 2.61. The summed E-state index contributed by atoms with van der Waals surface area (Å²) in [5.41, 5.74) is 2.47. The number of benzene rings is 2. The minimum absolute atomic E-state index is 0.0331. The van der Waals surface area contributed by atoms with Gasteiger partial charge in [-0.2, -0.15) is 0 Å². The second-order valence-corrected chi connectivity index (χ2v) is 8.30. The van der Waals surface area contributed by atoms with Gasteiger partial charge in [0.15, 0.2) is 15.9 Å². The smallest absolute Gasteiger partial charge is 0.330 e. The van der Waals surface area contributed by atoms with Crippen molar-refractivity contribution in [2.45, 2.75) is 31.7 Å². The number of aliphatic carboxylic acids is 1. The number of carbonyl (C=O) groups excluding carboxylic acids is 1. The Labute approximate surface area is 152 Å². The Morgan fingerprint density at radius 2 is 1.77 bits per heavy atom. The van der Waals surface area contributed by atoms with Crippen LogP contribution in [0.3, 0.4) is 0 Å². The summed E-state index contributed by atoms with van der Waals surface area (Å²) >= 11 is 0. The van der Waals surface area contributed by atoms with Crippen LogP contribution in [0.4, 0.5) is 0 Å². The first kappa shape index (κ1) is 19.7. The number of carboxylic acid groups (broad SMARTS) is 1. The third-order valence-corrected chi connectivity index (χ3v) is 5.95. The number of aryl methyl sites for hydroxylation is 2. The van der Waals surface area contributed by atoms with Gasteiger partial charge in [0.1, 0.15) is 0 Å². The third kappa shape index (κ3) is 4.29. The Hall–Kier alpha value is -2.67. The molecule has 26 heavy (non-hydrogen) atoms. The van der Waals surface area contributed by atoms with Gasteiger partial charge in [-0.25, -0.2) is 13.2 Å². The Kier molecular flexibility index (Phi) is 5.82. The predicted molar refractivity (Wildman–Crippen MR) is 97.9 cm³/mol. The first-order chi connectivity index (χ1) is 12.2. The summed E-state index contributed by atoms with van der Waals surface area (Å²) in [5.74, 6) is -1.93. The maximum absolute atomic E-state index is 12.5. The molecule has 0 aliphatic heterocycles. The van der Waals surface area contributed by atoms with Crippen LogP contribution >= 0.6 is 0 Å². The molecule has 0 heterocycles. The summed E-state index contributed by atoms with van der Waals surface area (Å²) in [7, 11) is -3.46. The van der Waals surface area contributed by atoms with Crippen molar-refractivity contribution in [2.75, 3.05) is 5.75 Å². The highest BCUT2D eigenvalue weighted by Crippen LogP contribution is 2.19. The number of carboxylic acids is 1. The number of carbonyl (C=O) groups is 2. The minimum Gasteiger partial charge on any atom is -0.479 e. The van der Waals surface area contributed by atoms with Gasteiger partial charge in [0.2, 0.25) is 0 Å². The zero-order valence-corrected chi connectivity index (χ0v) is 15.6. The van der Waals surface area contributed by atoms with Crippen molar-refractivity contribution in [3.63, 3.8) is 0 Å². The predicted octanol–water partition coefficient (Wildman–Crippen LogP) is 2.65. The highest BCUT2D eigenvalue weighted by atomic mass is 32.2. The molecule has 1 amide bonds. The van der Waals surface area contributed by atoms with E-state index in [4.69, 9.17) is 0 Å². The van der Waals surface area contributed by atoms with E-state index in [1.165, 1.54) is 31.2 Å². The lowest BCUT2D eigenvalue weighted by atomic mass is 10.0. The maximum atomic E-state index is 12.5. The van der Waals surface area contributed by atoms with Gasteiger partial charge in [0.05, 0.1) is 10.6 Å². The fourth-order valence-electron chi connectivity index (χ4n) is 2.44. The van der Waals surface area contributed by atoms with E-state index in [1.54, 1.807) is 18.2 Å². The van der Waals surface area contributed by atoms with Crippen LogP contribution in [0.5, 0.6) is 0 Å². The molecule has 6 nitrogen and oxygen atoms in total. The highest BCUT2D eigenvalue weighted by molar-refractivity contribution is 7.91. The lowest BCUT2D eigenvalue weighted by Gasteiger charge is -2.16. The number of nitrogens with one attached hydrogen (secondary N) is 1. The highest BCUT2D eigenvalue weighted by Gasteiger charge is 2.24. The van der Waals surface area contributed by atoms with E-state index >= 15 is 0 Å². The Bertz CT molecular complexity index is 950. The molecule has 1 atom stereocenters. The molecular weight excluding hydrogens is 354 g/mol. The first-order valence-corrected chi connectivity index (χ1v) is 9.74. The largest absolute Gasteiger partial charge is 0.479 e. The molecule has 0 aliphatic rings. The van der Waals surface area contributed by atoms with E-state index < -0.39 is 27.8 Å². The Morgan fingerprint density at radius 1 is 1.08 bits per heavy atom. The zero-order chi connectivity index (χ0) is 19.5. The van der Waals surface area contributed by atoms with Gasteiger partial charge < -0.3 is 10.4 Å². The molecule has 0 aromatic heterocycles. The topological polar surface area (TPSA) is 101 Å². The number of hydrogen-bond acceptors (Lipinski definition) is 4. The second kappa shape index (κ2) is 7.70. The van der Waals surface area contributed by atoms with Crippen molar-refractivity contribution < 1.29 is 23.1 Å². The molecule has 2 N–H and O–H groups in total. The SMILES string of the molecule is CCS(=O)(=O)c1cccc(C(=O)NC(C(=O)O)c2ccc(C)c(C)c2)c1. The van der Waals surface area contributed by atoms with Gasteiger partial charge in [-0.15, -0.1) is 0 Å². The minimum atomic E-state index is -3.46. The van der Waals surface area contributed by atoms with Gasteiger partial charge >= 0.3 is 5.97 Å². The molecular formula is C19H21NO5S. The summed E-state index contributed by atoms with van der Waals surface area (Å²) in [6, 6.07) is 9.51. The van der Waals surface area contributed by atoms with Crippen molar-refractivity contribution in [1.82, 2.24) is 5.32 Å². The van der Waals surface area contributed by atoms with E-state index in [2.05, 4.69) is 5.32 Å². The molecule has 0 aliphatic carbocycles. The molecule has 2 aromatic rings.